The molecule has 0 unspecified atom stereocenters. The number of aldehydes is 1. The van der Waals surface area contributed by atoms with Crippen LogP contribution in [0.3, 0.4) is 0 Å². The number of nitrogens with zero attached hydrogens (tertiary/aromatic N) is 4. The minimum Gasteiger partial charge on any atom is -0.382 e. The Bertz CT molecular complexity index is 967. The van der Waals surface area contributed by atoms with Crippen LogP contribution >= 0.6 is 0 Å². The van der Waals surface area contributed by atoms with Crippen molar-refractivity contribution in [3.05, 3.63) is 48.3 Å². The van der Waals surface area contributed by atoms with Crippen molar-refractivity contribution in [3.8, 4) is 11.1 Å². The van der Waals surface area contributed by atoms with Gasteiger partial charge in [0.1, 0.15) is 11.3 Å². The van der Waals surface area contributed by atoms with E-state index in [2.05, 4.69) is 46.1 Å². The van der Waals surface area contributed by atoms with Crippen molar-refractivity contribution in [2.75, 3.05) is 43.9 Å². The van der Waals surface area contributed by atoms with Crippen LogP contribution in [-0.4, -0.2) is 53.8 Å². The summed E-state index contributed by atoms with van der Waals surface area (Å²) in [6.45, 7) is 4.22. The number of anilines is 2. The first kappa shape index (κ1) is 18.5. The third-order valence-electron chi connectivity index (χ3n) is 5.20. The predicted octanol–water partition coefficient (Wildman–Crippen LogP) is 3.32. The Kier molecular flexibility index (Phi) is 5.30. The van der Waals surface area contributed by atoms with Crippen molar-refractivity contribution in [2.24, 2.45) is 0 Å². The number of benzene rings is 1. The number of likely N-dealkylation sites (N-methyl/N-ethyl adjacent to an activating group) is 1. The second-order valence-electron chi connectivity index (χ2n) is 7.55. The molecule has 2 aliphatic rings. The van der Waals surface area contributed by atoms with Gasteiger partial charge in [0.25, 0.3) is 0 Å². The zero-order chi connectivity index (χ0) is 19.5. The van der Waals surface area contributed by atoms with E-state index in [4.69, 9.17) is 5.73 Å². The Morgan fingerprint density at radius 3 is 2.43 bits per heavy atom. The van der Waals surface area contributed by atoms with Crippen LogP contribution in [0.1, 0.15) is 29.8 Å². The maximum Gasteiger partial charge on any atom is 0.170 e. The molecule has 0 radical (unpaired) electrons. The summed E-state index contributed by atoms with van der Waals surface area (Å²) in [7, 11) is 2.16. The van der Waals surface area contributed by atoms with E-state index in [-0.39, 0.29) is 5.82 Å². The topological polar surface area (TPSA) is 66.9 Å². The first-order valence-electron chi connectivity index (χ1n) is 9.92. The van der Waals surface area contributed by atoms with Gasteiger partial charge in [-0.1, -0.05) is 31.4 Å². The standard InChI is InChI=1S/C19H21N5O.C3H6/c1-22-7-9-23(10-8-22)16-4-2-3-14(11-16)15-5-6-18-21-19(20)17(13-25)24(18)12-15;1-2-3-1/h2-6,11-13H,7-10,20H2,1H3;1-3H2. The summed E-state index contributed by atoms with van der Waals surface area (Å²) >= 11 is 0. The highest BCUT2D eigenvalue weighted by atomic mass is 16.1. The highest BCUT2D eigenvalue weighted by molar-refractivity contribution is 5.82. The molecule has 28 heavy (non-hydrogen) atoms. The first-order chi connectivity index (χ1) is 13.7. The van der Waals surface area contributed by atoms with E-state index in [0.717, 1.165) is 43.6 Å². The third-order valence-corrected chi connectivity index (χ3v) is 5.20. The van der Waals surface area contributed by atoms with Crippen LogP contribution in [0.15, 0.2) is 42.6 Å². The molecule has 2 fully saturated rings. The molecular formula is C22H27N5O. The molecular weight excluding hydrogens is 350 g/mol. The van der Waals surface area contributed by atoms with Crippen LogP contribution in [0.25, 0.3) is 16.8 Å². The number of rotatable bonds is 3. The average molecular weight is 377 g/mol. The molecule has 2 aromatic heterocycles. The van der Waals surface area contributed by atoms with Gasteiger partial charge in [0.05, 0.1) is 0 Å². The van der Waals surface area contributed by atoms with Gasteiger partial charge in [-0.25, -0.2) is 4.98 Å². The fourth-order valence-electron chi connectivity index (χ4n) is 3.32. The number of aromatic nitrogens is 2. The number of piperazine rings is 1. The van der Waals surface area contributed by atoms with Gasteiger partial charge >= 0.3 is 0 Å². The quantitative estimate of drug-likeness (QED) is 0.709. The summed E-state index contributed by atoms with van der Waals surface area (Å²) in [4.78, 5) is 20.3. The zero-order valence-corrected chi connectivity index (χ0v) is 16.3. The Balaban J connectivity index is 0.000000586. The third kappa shape index (κ3) is 4.02. The smallest absolute Gasteiger partial charge is 0.170 e. The largest absolute Gasteiger partial charge is 0.382 e. The number of hydrogen-bond donors (Lipinski definition) is 1. The van der Waals surface area contributed by atoms with Gasteiger partial charge in [0.15, 0.2) is 12.1 Å². The second kappa shape index (κ2) is 8.02. The Morgan fingerprint density at radius 1 is 1.00 bits per heavy atom. The molecule has 0 spiro atoms. The highest BCUT2D eigenvalue weighted by Crippen LogP contribution is 2.26. The lowest BCUT2D eigenvalue weighted by Crippen LogP contribution is -2.44. The molecule has 5 rings (SSSR count). The van der Waals surface area contributed by atoms with E-state index in [1.807, 2.05) is 18.3 Å². The summed E-state index contributed by atoms with van der Waals surface area (Å²) in [5.41, 5.74) is 10.3. The number of hydrogen-bond acceptors (Lipinski definition) is 5. The van der Waals surface area contributed by atoms with Crippen LogP contribution in [0.4, 0.5) is 11.5 Å². The molecule has 3 heterocycles. The summed E-state index contributed by atoms with van der Waals surface area (Å²) < 4.78 is 1.75. The van der Waals surface area contributed by atoms with Crippen molar-refractivity contribution in [3.63, 3.8) is 0 Å². The number of carbonyl (C=O) groups is 1. The zero-order valence-electron chi connectivity index (χ0n) is 16.3. The molecule has 1 aliphatic carbocycles. The van der Waals surface area contributed by atoms with E-state index in [1.165, 1.54) is 24.9 Å². The van der Waals surface area contributed by atoms with Gasteiger partial charge in [-0.05, 0) is 42.4 Å². The molecule has 2 N–H and O–H groups in total. The van der Waals surface area contributed by atoms with E-state index < -0.39 is 0 Å². The molecule has 6 heteroatoms. The maximum atomic E-state index is 11.3. The molecule has 0 atom stereocenters. The first-order valence-corrected chi connectivity index (χ1v) is 9.92. The molecule has 1 aliphatic heterocycles. The Hall–Kier alpha value is -2.86. The number of carbonyl (C=O) groups excluding carboxylic acids is 1. The number of nitrogen functional groups attached to an aromatic ring is 1. The van der Waals surface area contributed by atoms with E-state index in [9.17, 15) is 4.79 Å². The normalized spacial score (nSPS) is 16.5. The minimum absolute atomic E-state index is 0.262. The van der Waals surface area contributed by atoms with Gasteiger partial charge in [-0.15, -0.1) is 0 Å². The second-order valence-corrected chi connectivity index (χ2v) is 7.55. The summed E-state index contributed by atoms with van der Waals surface area (Å²) in [6.07, 6.45) is 7.17. The molecule has 3 aromatic rings. The fourth-order valence-corrected chi connectivity index (χ4v) is 3.32. The molecule has 6 nitrogen and oxygen atoms in total. The molecule has 0 bridgehead atoms. The molecule has 1 saturated heterocycles. The maximum absolute atomic E-state index is 11.3. The van der Waals surface area contributed by atoms with Crippen LogP contribution in [0, 0.1) is 0 Å². The fraction of sp³-hybridized carbons (Fsp3) is 0.364. The van der Waals surface area contributed by atoms with Gasteiger partial charge in [-0.3, -0.25) is 9.20 Å². The van der Waals surface area contributed by atoms with E-state index in [0.29, 0.717) is 11.3 Å². The molecule has 1 aromatic carbocycles. The monoisotopic (exact) mass is 377 g/mol. The lowest BCUT2D eigenvalue weighted by atomic mass is 10.1. The van der Waals surface area contributed by atoms with Crippen molar-refractivity contribution in [2.45, 2.75) is 19.3 Å². The Morgan fingerprint density at radius 2 is 1.75 bits per heavy atom. The lowest BCUT2D eigenvalue weighted by Gasteiger charge is -2.34. The van der Waals surface area contributed by atoms with E-state index in [1.54, 1.807) is 4.40 Å². The van der Waals surface area contributed by atoms with Gasteiger partial charge in [-0.2, -0.15) is 0 Å². The van der Waals surface area contributed by atoms with Crippen LogP contribution in [0.2, 0.25) is 0 Å². The van der Waals surface area contributed by atoms with Gasteiger partial charge in [0, 0.05) is 38.1 Å². The predicted molar refractivity (Wildman–Crippen MR) is 114 cm³/mol. The van der Waals surface area contributed by atoms with Gasteiger partial charge in [0.2, 0.25) is 0 Å². The number of pyridine rings is 1. The average Bonchev–Trinajstić information content (AvgIpc) is 3.56. The van der Waals surface area contributed by atoms with Crippen molar-refractivity contribution in [1.82, 2.24) is 14.3 Å². The van der Waals surface area contributed by atoms with E-state index >= 15 is 0 Å². The van der Waals surface area contributed by atoms with Crippen molar-refractivity contribution < 1.29 is 4.79 Å². The summed E-state index contributed by atoms with van der Waals surface area (Å²) in [6, 6.07) is 12.4. The van der Waals surface area contributed by atoms with Crippen LogP contribution < -0.4 is 10.6 Å². The van der Waals surface area contributed by atoms with Crippen molar-refractivity contribution >= 4 is 23.4 Å². The summed E-state index contributed by atoms with van der Waals surface area (Å²) in [5.74, 6) is 0.262. The summed E-state index contributed by atoms with van der Waals surface area (Å²) in [5, 5.41) is 0. The molecule has 1 saturated carbocycles. The van der Waals surface area contributed by atoms with Gasteiger partial charge < -0.3 is 15.5 Å². The minimum atomic E-state index is 0.262. The van der Waals surface area contributed by atoms with Crippen LogP contribution in [-0.2, 0) is 0 Å². The lowest BCUT2D eigenvalue weighted by molar-refractivity contribution is 0.111. The highest BCUT2D eigenvalue weighted by Gasteiger charge is 2.15. The molecule has 146 valence electrons. The van der Waals surface area contributed by atoms with Crippen molar-refractivity contribution in [1.29, 1.82) is 0 Å². The Labute approximate surface area is 165 Å². The number of imidazole rings is 1. The number of fused-ring (bicyclic) bond motifs is 1. The number of nitrogens with two attached hydrogens (primary N) is 1. The SMILES string of the molecule is C1CC1.CN1CCN(c2cccc(-c3ccc4nc(N)c(C=O)n4c3)c2)CC1. The molecule has 0 amide bonds. The van der Waals surface area contributed by atoms with Crippen LogP contribution in [0.5, 0.6) is 0 Å².